The first-order valence-corrected chi connectivity index (χ1v) is 5.11. The normalized spacial score (nSPS) is 20.1. The maximum atomic E-state index is 11.9. The molecule has 1 unspecified atom stereocenters. The molecule has 1 atom stereocenters. The molecule has 0 radical (unpaired) electrons. The van der Waals surface area contributed by atoms with Gasteiger partial charge in [-0.05, 0) is 5.56 Å². The molecule has 84 valence electrons. The van der Waals surface area contributed by atoms with Crippen molar-refractivity contribution in [3.8, 4) is 0 Å². The van der Waals surface area contributed by atoms with Crippen LogP contribution in [0, 0.1) is 0 Å². The monoisotopic (exact) mass is 219 g/mol. The lowest BCUT2D eigenvalue weighted by atomic mass is 10.1. The number of nitrogens with one attached hydrogen (secondary N) is 1. The van der Waals surface area contributed by atoms with Gasteiger partial charge in [0, 0.05) is 13.1 Å². The molecule has 1 aliphatic heterocycles. The minimum Gasteiger partial charge on any atom is -0.329 e. The summed E-state index contributed by atoms with van der Waals surface area (Å²) < 4.78 is 0. The molecule has 3 N–H and O–H groups in total. The Hall–Kier alpha value is -1.88. The number of hydrogen-bond acceptors (Lipinski definition) is 3. The second-order valence-corrected chi connectivity index (χ2v) is 3.57. The van der Waals surface area contributed by atoms with Gasteiger partial charge in [0.1, 0.15) is 6.04 Å². The maximum absolute atomic E-state index is 11.9. The Bertz CT molecular complexity index is 405. The molecule has 3 amide bonds. The molecular weight excluding hydrogens is 206 g/mol. The third kappa shape index (κ3) is 1.77. The van der Waals surface area contributed by atoms with Crippen LogP contribution in [0.4, 0.5) is 4.79 Å². The van der Waals surface area contributed by atoms with Gasteiger partial charge in [-0.1, -0.05) is 30.3 Å². The fraction of sp³-hybridized carbons (Fsp3) is 0.273. The van der Waals surface area contributed by atoms with Crippen molar-refractivity contribution in [2.45, 2.75) is 6.04 Å². The lowest BCUT2D eigenvalue weighted by Gasteiger charge is -2.11. The van der Waals surface area contributed by atoms with Gasteiger partial charge in [0.05, 0.1) is 0 Å². The van der Waals surface area contributed by atoms with Crippen LogP contribution >= 0.6 is 0 Å². The van der Waals surface area contributed by atoms with Crippen LogP contribution in [0.5, 0.6) is 0 Å². The molecule has 0 spiro atoms. The molecule has 5 nitrogen and oxygen atoms in total. The molecule has 1 heterocycles. The van der Waals surface area contributed by atoms with E-state index in [1.807, 2.05) is 30.3 Å². The molecule has 0 aliphatic carbocycles. The van der Waals surface area contributed by atoms with Gasteiger partial charge in [-0.2, -0.15) is 0 Å². The minimum atomic E-state index is -0.569. The van der Waals surface area contributed by atoms with Crippen LogP contribution in [0.15, 0.2) is 30.3 Å². The Morgan fingerprint density at radius 2 is 1.94 bits per heavy atom. The van der Waals surface area contributed by atoms with Crippen molar-refractivity contribution in [2.75, 3.05) is 13.1 Å². The van der Waals surface area contributed by atoms with Gasteiger partial charge in [0.25, 0.3) is 5.91 Å². The highest BCUT2D eigenvalue weighted by Crippen LogP contribution is 2.20. The number of benzene rings is 1. The number of imide groups is 1. The Balaban J connectivity index is 2.21. The van der Waals surface area contributed by atoms with E-state index in [0.717, 1.165) is 10.5 Å². The Morgan fingerprint density at radius 3 is 2.56 bits per heavy atom. The second-order valence-electron chi connectivity index (χ2n) is 3.57. The van der Waals surface area contributed by atoms with Gasteiger partial charge >= 0.3 is 6.03 Å². The molecule has 1 aliphatic rings. The zero-order chi connectivity index (χ0) is 11.5. The van der Waals surface area contributed by atoms with Gasteiger partial charge in [-0.25, -0.2) is 4.79 Å². The van der Waals surface area contributed by atoms with E-state index in [9.17, 15) is 9.59 Å². The number of carbonyl (C=O) groups is 2. The van der Waals surface area contributed by atoms with E-state index in [1.165, 1.54) is 0 Å². The Kier molecular flexibility index (Phi) is 2.87. The standard InChI is InChI=1S/C11H13N3O2/c12-6-7-14-10(15)9(13-11(14)16)8-4-2-1-3-5-8/h1-5,9H,6-7,12H2,(H,13,16). The highest BCUT2D eigenvalue weighted by atomic mass is 16.2. The number of rotatable bonds is 3. The summed E-state index contributed by atoms with van der Waals surface area (Å²) in [7, 11) is 0. The Morgan fingerprint density at radius 1 is 1.25 bits per heavy atom. The van der Waals surface area contributed by atoms with Crippen molar-refractivity contribution in [3.63, 3.8) is 0 Å². The first kappa shape index (κ1) is 10.6. The van der Waals surface area contributed by atoms with Crippen molar-refractivity contribution in [1.29, 1.82) is 0 Å². The van der Waals surface area contributed by atoms with Crippen LogP contribution in [-0.4, -0.2) is 29.9 Å². The fourth-order valence-corrected chi connectivity index (χ4v) is 1.73. The van der Waals surface area contributed by atoms with Crippen LogP contribution in [0.2, 0.25) is 0 Å². The topological polar surface area (TPSA) is 75.4 Å². The molecule has 1 aromatic carbocycles. The number of nitrogens with zero attached hydrogens (tertiary/aromatic N) is 1. The van der Waals surface area contributed by atoms with Crippen LogP contribution < -0.4 is 11.1 Å². The summed E-state index contributed by atoms with van der Waals surface area (Å²) in [5.74, 6) is -0.235. The van der Waals surface area contributed by atoms with E-state index in [1.54, 1.807) is 0 Å². The highest BCUT2D eigenvalue weighted by Gasteiger charge is 2.38. The maximum Gasteiger partial charge on any atom is 0.325 e. The van der Waals surface area contributed by atoms with Gasteiger partial charge in [0.15, 0.2) is 0 Å². The van der Waals surface area contributed by atoms with E-state index in [-0.39, 0.29) is 25.0 Å². The van der Waals surface area contributed by atoms with E-state index in [4.69, 9.17) is 5.73 Å². The highest BCUT2D eigenvalue weighted by molar-refractivity contribution is 6.04. The summed E-state index contributed by atoms with van der Waals surface area (Å²) in [5.41, 5.74) is 6.14. The van der Waals surface area contributed by atoms with Crippen molar-refractivity contribution >= 4 is 11.9 Å². The van der Waals surface area contributed by atoms with Gasteiger partial charge < -0.3 is 11.1 Å². The third-order valence-corrected chi connectivity index (χ3v) is 2.51. The second kappa shape index (κ2) is 4.32. The predicted octanol–water partition coefficient (Wildman–Crippen LogP) is 0.238. The SMILES string of the molecule is NCCN1C(=O)NC(c2ccccc2)C1=O. The summed E-state index contributed by atoms with van der Waals surface area (Å²) in [4.78, 5) is 24.5. The van der Waals surface area contributed by atoms with Gasteiger partial charge in [0.2, 0.25) is 0 Å². The van der Waals surface area contributed by atoms with Crippen LogP contribution in [-0.2, 0) is 4.79 Å². The first-order valence-electron chi connectivity index (χ1n) is 5.11. The molecule has 0 aromatic heterocycles. The van der Waals surface area contributed by atoms with Crippen molar-refractivity contribution in [3.05, 3.63) is 35.9 Å². The van der Waals surface area contributed by atoms with Crippen LogP contribution in [0.25, 0.3) is 0 Å². The molecule has 1 saturated heterocycles. The summed E-state index contributed by atoms with van der Waals surface area (Å²) >= 11 is 0. The van der Waals surface area contributed by atoms with Crippen molar-refractivity contribution in [1.82, 2.24) is 10.2 Å². The number of urea groups is 1. The quantitative estimate of drug-likeness (QED) is 0.715. The van der Waals surface area contributed by atoms with Gasteiger partial charge in [-0.3, -0.25) is 9.69 Å². The van der Waals surface area contributed by atoms with Gasteiger partial charge in [-0.15, -0.1) is 0 Å². The minimum absolute atomic E-state index is 0.235. The predicted molar refractivity (Wildman–Crippen MR) is 58.5 cm³/mol. The van der Waals surface area contributed by atoms with Crippen molar-refractivity contribution < 1.29 is 9.59 Å². The Labute approximate surface area is 93.2 Å². The summed E-state index contributed by atoms with van der Waals surface area (Å²) in [6, 6.07) is 8.22. The zero-order valence-corrected chi connectivity index (χ0v) is 8.72. The summed E-state index contributed by atoms with van der Waals surface area (Å²) in [5, 5.41) is 2.64. The first-order chi connectivity index (χ1) is 7.74. The number of hydrogen-bond donors (Lipinski definition) is 2. The van der Waals surface area contributed by atoms with Crippen LogP contribution in [0.1, 0.15) is 11.6 Å². The molecule has 1 aromatic rings. The van der Waals surface area contributed by atoms with E-state index < -0.39 is 6.04 Å². The third-order valence-electron chi connectivity index (χ3n) is 2.51. The average Bonchev–Trinajstić information content (AvgIpc) is 2.59. The molecule has 5 heteroatoms. The number of nitrogens with two attached hydrogens (primary N) is 1. The van der Waals surface area contributed by atoms with E-state index in [0.29, 0.717) is 0 Å². The zero-order valence-electron chi connectivity index (χ0n) is 8.72. The van der Waals surface area contributed by atoms with Crippen molar-refractivity contribution in [2.24, 2.45) is 5.73 Å². The molecule has 1 fully saturated rings. The van der Waals surface area contributed by atoms with E-state index in [2.05, 4.69) is 5.32 Å². The van der Waals surface area contributed by atoms with E-state index >= 15 is 0 Å². The average molecular weight is 219 g/mol. The number of carbonyl (C=O) groups excluding carboxylic acids is 2. The molecule has 0 saturated carbocycles. The molecule has 16 heavy (non-hydrogen) atoms. The number of amides is 3. The summed E-state index contributed by atoms with van der Waals surface area (Å²) in [6.45, 7) is 0.536. The summed E-state index contributed by atoms with van der Waals surface area (Å²) in [6.07, 6.45) is 0. The molecular formula is C11H13N3O2. The lowest BCUT2D eigenvalue weighted by Crippen LogP contribution is -2.35. The smallest absolute Gasteiger partial charge is 0.325 e. The molecule has 0 bridgehead atoms. The molecule has 2 rings (SSSR count). The fourth-order valence-electron chi connectivity index (χ4n) is 1.73. The van der Waals surface area contributed by atoms with Crippen LogP contribution in [0.3, 0.4) is 0 Å². The lowest BCUT2D eigenvalue weighted by molar-refractivity contribution is -0.127. The largest absolute Gasteiger partial charge is 0.329 e.